The van der Waals surface area contributed by atoms with Gasteiger partial charge in [0.2, 0.25) is 0 Å². The van der Waals surface area contributed by atoms with Crippen molar-refractivity contribution in [2.24, 2.45) is 5.92 Å². The van der Waals surface area contributed by atoms with Gasteiger partial charge in [0.1, 0.15) is 0 Å². The quantitative estimate of drug-likeness (QED) is 0.727. The molecule has 0 bridgehead atoms. The second-order valence-electron chi connectivity index (χ2n) is 4.55. The third-order valence-corrected chi connectivity index (χ3v) is 5.88. The van der Waals surface area contributed by atoms with Crippen LogP contribution in [0.25, 0.3) is 0 Å². The molecule has 1 saturated carbocycles. The summed E-state index contributed by atoms with van der Waals surface area (Å²) < 4.78 is 23.7. The van der Waals surface area contributed by atoms with Gasteiger partial charge in [0.05, 0.1) is 11.0 Å². The minimum Gasteiger partial charge on any atom is -0.229 e. The van der Waals surface area contributed by atoms with E-state index in [-0.39, 0.29) is 5.25 Å². The molecule has 1 aliphatic rings. The highest BCUT2D eigenvalue weighted by Gasteiger charge is 2.25. The maximum Gasteiger partial charge on any atom is 0.153 e. The molecule has 0 amide bonds. The van der Waals surface area contributed by atoms with E-state index in [9.17, 15) is 8.42 Å². The minimum atomic E-state index is -2.81. The van der Waals surface area contributed by atoms with E-state index in [1.165, 1.54) is 19.3 Å². The molecule has 0 aliphatic heterocycles. The third-order valence-electron chi connectivity index (χ3n) is 3.38. The molecule has 0 aromatic heterocycles. The van der Waals surface area contributed by atoms with Gasteiger partial charge in [0, 0.05) is 0 Å². The van der Waals surface area contributed by atoms with Crippen LogP contribution < -0.4 is 0 Å². The maximum absolute atomic E-state index is 11.8. The van der Waals surface area contributed by atoms with E-state index in [0.29, 0.717) is 11.7 Å². The van der Waals surface area contributed by atoms with Crippen molar-refractivity contribution >= 4 is 9.84 Å². The lowest BCUT2D eigenvalue weighted by Crippen LogP contribution is -2.26. The Labute approximate surface area is 88.0 Å². The van der Waals surface area contributed by atoms with Crippen LogP contribution in [0.15, 0.2) is 0 Å². The Morgan fingerprint density at radius 3 is 2.29 bits per heavy atom. The lowest BCUT2D eigenvalue weighted by molar-refractivity contribution is 0.384. The van der Waals surface area contributed by atoms with Crippen molar-refractivity contribution in [3.05, 3.63) is 0 Å². The first-order chi connectivity index (χ1) is 6.56. The van der Waals surface area contributed by atoms with Gasteiger partial charge in [0.15, 0.2) is 9.84 Å². The summed E-state index contributed by atoms with van der Waals surface area (Å²) in [5.74, 6) is 0.880. The second kappa shape index (κ2) is 5.15. The fourth-order valence-corrected chi connectivity index (χ4v) is 3.93. The van der Waals surface area contributed by atoms with Crippen molar-refractivity contribution in [1.82, 2.24) is 0 Å². The Morgan fingerprint density at radius 1 is 1.21 bits per heavy atom. The van der Waals surface area contributed by atoms with Crippen molar-refractivity contribution in [3.63, 3.8) is 0 Å². The van der Waals surface area contributed by atoms with Gasteiger partial charge in [-0.15, -0.1) is 0 Å². The first-order valence-electron chi connectivity index (χ1n) is 5.78. The molecule has 0 heterocycles. The van der Waals surface area contributed by atoms with Crippen LogP contribution in [0.2, 0.25) is 0 Å². The minimum absolute atomic E-state index is 0.149. The van der Waals surface area contributed by atoms with E-state index in [0.717, 1.165) is 19.3 Å². The Hall–Kier alpha value is -0.0500. The highest BCUT2D eigenvalue weighted by Crippen LogP contribution is 2.26. The average molecular weight is 218 g/mol. The van der Waals surface area contributed by atoms with Gasteiger partial charge in [-0.05, 0) is 32.1 Å². The highest BCUT2D eigenvalue weighted by atomic mass is 32.2. The van der Waals surface area contributed by atoms with E-state index >= 15 is 0 Å². The highest BCUT2D eigenvalue weighted by molar-refractivity contribution is 7.92. The van der Waals surface area contributed by atoms with E-state index in [2.05, 4.69) is 0 Å². The molecular formula is C11H22O2S. The van der Waals surface area contributed by atoms with Crippen molar-refractivity contribution in [3.8, 4) is 0 Å². The summed E-state index contributed by atoms with van der Waals surface area (Å²) in [6.07, 6.45) is 6.72. The van der Waals surface area contributed by atoms with Crippen molar-refractivity contribution < 1.29 is 8.42 Å². The van der Waals surface area contributed by atoms with Gasteiger partial charge in [-0.3, -0.25) is 0 Å². The van der Waals surface area contributed by atoms with Crippen molar-refractivity contribution in [2.45, 2.75) is 57.6 Å². The van der Waals surface area contributed by atoms with Crippen LogP contribution in [0.5, 0.6) is 0 Å². The number of sulfone groups is 1. The molecule has 0 aromatic rings. The van der Waals surface area contributed by atoms with Gasteiger partial charge in [0.25, 0.3) is 0 Å². The standard InChI is InChI=1S/C11H22O2S/c1-3-10(2)14(12,13)9-11-7-5-4-6-8-11/h10-11H,3-9H2,1-2H3. The fraction of sp³-hybridized carbons (Fsp3) is 1.00. The molecule has 1 atom stereocenters. The molecule has 0 spiro atoms. The lowest BCUT2D eigenvalue weighted by atomic mass is 9.91. The molecule has 1 fully saturated rings. The summed E-state index contributed by atoms with van der Waals surface area (Å²) in [6.45, 7) is 3.78. The third kappa shape index (κ3) is 3.26. The molecule has 1 rings (SSSR count). The molecule has 1 unspecified atom stereocenters. The molecule has 84 valence electrons. The van der Waals surface area contributed by atoms with E-state index in [1.807, 2.05) is 13.8 Å². The Morgan fingerprint density at radius 2 is 1.79 bits per heavy atom. The van der Waals surface area contributed by atoms with Gasteiger partial charge >= 0.3 is 0 Å². The van der Waals surface area contributed by atoms with Crippen LogP contribution >= 0.6 is 0 Å². The molecule has 0 N–H and O–H groups in total. The SMILES string of the molecule is CCC(C)S(=O)(=O)CC1CCCCC1. The Kier molecular flexibility index (Phi) is 4.42. The molecule has 0 radical (unpaired) electrons. The van der Waals surface area contributed by atoms with Crippen LogP contribution in [0.1, 0.15) is 52.4 Å². The Bertz CT molecular complexity index is 250. The van der Waals surface area contributed by atoms with Crippen LogP contribution in [0, 0.1) is 5.92 Å². The molecule has 1 aliphatic carbocycles. The smallest absolute Gasteiger partial charge is 0.153 e. The Balaban J connectivity index is 2.49. The summed E-state index contributed by atoms with van der Waals surface area (Å²) >= 11 is 0. The van der Waals surface area contributed by atoms with Gasteiger partial charge in [-0.1, -0.05) is 26.2 Å². The predicted octanol–water partition coefficient (Wildman–Crippen LogP) is 2.78. The van der Waals surface area contributed by atoms with Crippen LogP contribution in [0.4, 0.5) is 0 Å². The summed E-state index contributed by atoms with van der Waals surface area (Å²) in [5.41, 5.74) is 0. The van der Waals surface area contributed by atoms with Crippen molar-refractivity contribution in [2.75, 3.05) is 5.75 Å². The topological polar surface area (TPSA) is 34.1 Å². The van der Waals surface area contributed by atoms with Crippen LogP contribution in [-0.4, -0.2) is 19.4 Å². The number of rotatable bonds is 4. The second-order valence-corrected chi connectivity index (χ2v) is 7.02. The molecule has 0 saturated heterocycles. The molecular weight excluding hydrogens is 196 g/mol. The normalized spacial score (nSPS) is 22.1. The molecule has 14 heavy (non-hydrogen) atoms. The average Bonchev–Trinajstić information content (AvgIpc) is 2.17. The molecule has 0 aromatic carbocycles. The van der Waals surface area contributed by atoms with Gasteiger partial charge in [-0.2, -0.15) is 0 Å². The van der Waals surface area contributed by atoms with E-state index in [4.69, 9.17) is 0 Å². The van der Waals surface area contributed by atoms with Gasteiger partial charge < -0.3 is 0 Å². The zero-order valence-electron chi connectivity index (χ0n) is 9.33. The lowest BCUT2D eigenvalue weighted by Gasteiger charge is -2.22. The van der Waals surface area contributed by atoms with E-state index in [1.54, 1.807) is 0 Å². The van der Waals surface area contributed by atoms with Gasteiger partial charge in [-0.25, -0.2) is 8.42 Å². The monoisotopic (exact) mass is 218 g/mol. The van der Waals surface area contributed by atoms with E-state index < -0.39 is 9.84 Å². The number of hydrogen-bond acceptors (Lipinski definition) is 2. The van der Waals surface area contributed by atoms with Crippen LogP contribution in [0.3, 0.4) is 0 Å². The molecule has 3 heteroatoms. The van der Waals surface area contributed by atoms with Crippen molar-refractivity contribution in [1.29, 1.82) is 0 Å². The first-order valence-corrected chi connectivity index (χ1v) is 7.49. The summed E-state index contributed by atoms with van der Waals surface area (Å²) in [6, 6.07) is 0. The zero-order valence-corrected chi connectivity index (χ0v) is 10.1. The number of hydrogen-bond donors (Lipinski definition) is 0. The fourth-order valence-electron chi connectivity index (χ4n) is 2.10. The van der Waals surface area contributed by atoms with Crippen LogP contribution in [-0.2, 0) is 9.84 Å². The largest absolute Gasteiger partial charge is 0.229 e. The predicted molar refractivity (Wildman–Crippen MR) is 60.1 cm³/mol. The molecule has 2 nitrogen and oxygen atoms in total. The zero-order chi connectivity index (χ0) is 10.6. The maximum atomic E-state index is 11.8. The first kappa shape index (κ1) is 12.0. The summed E-state index contributed by atoms with van der Waals surface area (Å²) in [5, 5.41) is -0.149. The summed E-state index contributed by atoms with van der Waals surface area (Å²) in [4.78, 5) is 0. The summed E-state index contributed by atoms with van der Waals surface area (Å²) in [7, 11) is -2.81.